The molecule has 3 aromatic carbocycles. The average molecular weight is 431 g/mol. The van der Waals surface area contributed by atoms with E-state index in [1.54, 1.807) is 24.3 Å². The summed E-state index contributed by atoms with van der Waals surface area (Å²) >= 11 is 6.15. The molecule has 0 heterocycles. The lowest BCUT2D eigenvalue weighted by Crippen LogP contribution is -2.23. The first-order valence-corrected chi connectivity index (χ1v) is 10.6. The Balaban J connectivity index is 1.59. The molecule has 29 heavy (non-hydrogen) atoms. The molecule has 0 aromatic heterocycles. The van der Waals surface area contributed by atoms with E-state index in [1.165, 1.54) is 18.2 Å². The molecule has 0 unspecified atom stereocenters. The van der Waals surface area contributed by atoms with E-state index in [4.69, 9.17) is 16.3 Å². The number of amides is 1. The number of benzene rings is 3. The molecule has 150 valence electrons. The first-order chi connectivity index (χ1) is 13.9. The second kappa shape index (κ2) is 9.56. The maximum atomic E-state index is 12.5. The number of rotatable bonds is 8. The third-order valence-electron chi connectivity index (χ3n) is 3.94. The standard InChI is InChI=1S/C21H19ClN2O4S/c22-19-13-18(29(26,27)23-14-16-7-3-1-4-8-16)11-12-20(19)28-15-21(25)24-17-9-5-2-6-10-17/h1-13,23H,14-15H2,(H,24,25). The molecule has 0 bridgehead atoms. The highest BCUT2D eigenvalue weighted by atomic mass is 35.5. The number of carbonyl (C=O) groups excluding carboxylic acids is 1. The lowest BCUT2D eigenvalue weighted by molar-refractivity contribution is -0.118. The number of halogens is 1. The van der Waals surface area contributed by atoms with Crippen molar-refractivity contribution in [2.24, 2.45) is 0 Å². The van der Waals surface area contributed by atoms with E-state index in [9.17, 15) is 13.2 Å². The summed E-state index contributed by atoms with van der Waals surface area (Å²) in [7, 11) is -3.74. The molecule has 3 rings (SSSR count). The lowest BCUT2D eigenvalue weighted by Gasteiger charge is -2.11. The van der Waals surface area contributed by atoms with Gasteiger partial charge in [0.2, 0.25) is 10.0 Å². The minimum absolute atomic E-state index is 0.0134. The van der Waals surface area contributed by atoms with Crippen LogP contribution in [0.3, 0.4) is 0 Å². The third-order valence-corrected chi connectivity index (χ3v) is 5.63. The van der Waals surface area contributed by atoms with Crippen LogP contribution in [-0.4, -0.2) is 20.9 Å². The van der Waals surface area contributed by atoms with Crippen LogP contribution in [0.2, 0.25) is 5.02 Å². The summed E-state index contributed by atoms with van der Waals surface area (Å²) in [5.74, 6) is -0.134. The first-order valence-electron chi connectivity index (χ1n) is 8.75. The number of sulfonamides is 1. The minimum Gasteiger partial charge on any atom is -0.482 e. The van der Waals surface area contributed by atoms with Crippen LogP contribution >= 0.6 is 11.6 Å². The predicted molar refractivity (Wildman–Crippen MR) is 112 cm³/mol. The van der Waals surface area contributed by atoms with Gasteiger partial charge in [-0.25, -0.2) is 13.1 Å². The number of hydrogen-bond acceptors (Lipinski definition) is 4. The van der Waals surface area contributed by atoms with Crippen molar-refractivity contribution in [3.05, 3.63) is 89.4 Å². The van der Waals surface area contributed by atoms with Crippen molar-refractivity contribution >= 4 is 33.2 Å². The molecule has 0 radical (unpaired) electrons. The normalized spacial score (nSPS) is 11.1. The Morgan fingerprint density at radius 2 is 1.59 bits per heavy atom. The van der Waals surface area contributed by atoms with Gasteiger partial charge in [-0.3, -0.25) is 4.79 Å². The zero-order valence-electron chi connectivity index (χ0n) is 15.3. The molecule has 0 aliphatic carbocycles. The van der Waals surface area contributed by atoms with E-state index in [1.807, 2.05) is 36.4 Å². The van der Waals surface area contributed by atoms with Gasteiger partial charge in [-0.1, -0.05) is 60.1 Å². The van der Waals surface area contributed by atoms with Crippen molar-refractivity contribution in [3.8, 4) is 5.75 Å². The summed E-state index contributed by atoms with van der Waals surface area (Å²) in [5.41, 5.74) is 1.49. The van der Waals surface area contributed by atoms with Gasteiger partial charge in [0.1, 0.15) is 5.75 Å². The number of nitrogens with one attached hydrogen (secondary N) is 2. The highest BCUT2D eigenvalue weighted by Gasteiger charge is 2.16. The molecule has 0 aliphatic heterocycles. The molecule has 2 N–H and O–H groups in total. The SMILES string of the molecule is O=C(COc1ccc(S(=O)(=O)NCc2ccccc2)cc1Cl)Nc1ccccc1. The van der Waals surface area contributed by atoms with E-state index < -0.39 is 10.0 Å². The molecule has 0 saturated heterocycles. The predicted octanol–water partition coefficient (Wildman–Crippen LogP) is 3.84. The maximum absolute atomic E-state index is 12.5. The molecule has 0 saturated carbocycles. The summed E-state index contributed by atoms with van der Waals surface area (Å²) in [6, 6.07) is 22.2. The zero-order chi connectivity index (χ0) is 20.7. The van der Waals surface area contributed by atoms with Crippen LogP contribution in [0.1, 0.15) is 5.56 Å². The van der Waals surface area contributed by atoms with Gasteiger partial charge in [0, 0.05) is 12.2 Å². The monoisotopic (exact) mass is 430 g/mol. The van der Waals surface area contributed by atoms with E-state index in [0.717, 1.165) is 5.56 Å². The van der Waals surface area contributed by atoms with Crippen LogP contribution in [0.4, 0.5) is 5.69 Å². The average Bonchev–Trinajstić information content (AvgIpc) is 2.73. The van der Waals surface area contributed by atoms with E-state index >= 15 is 0 Å². The number of anilines is 1. The van der Waals surface area contributed by atoms with Gasteiger partial charge in [0.25, 0.3) is 5.91 Å². The quantitative estimate of drug-likeness (QED) is 0.568. The van der Waals surface area contributed by atoms with Gasteiger partial charge >= 0.3 is 0 Å². The van der Waals surface area contributed by atoms with E-state index in [2.05, 4.69) is 10.0 Å². The number of carbonyl (C=O) groups is 1. The Hall–Kier alpha value is -2.87. The van der Waals surface area contributed by atoms with Gasteiger partial charge in [-0.05, 0) is 35.9 Å². The van der Waals surface area contributed by atoms with Crippen LogP contribution in [0.25, 0.3) is 0 Å². The zero-order valence-corrected chi connectivity index (χ0v) is 16.9. The van der Waals surface area contributed by atoms with Gasteiger partial charge < -0.3 is 10.1 Å². The second-order valence-electron chi connectivity index (χ2n) is 6.11. The summed E-state index contributed by atoms with van der Waals surface area (Å²) in [6.07, 6.45) is 0. The van der Waals surface area contributed by atoms with Crippen molar-refractivity contribution < 1.29 is 17.9 Å². The van der Waals surface area contributed by atoms with Gasteiger partial charge in [-0.15, -0.1) is 0 Å². The van der Waals surface area contributed by atoms with E-state index in [0.29, 0.717) is 5.69 Å². The smallest absolute Gasteiger partial charge is 0.262 e. The Bertz CT molecular complexity index is 1070. The molecular weight excluding hydrogens is 412 g/mol. The highest BCUT2D eigenvalue weighted by molar-refractivity contribution is 7.89. The van der Waals surface area contributed by atoms with Crippen molar-refractivity contribution in [3.63, 3.8) is 0 Å². The molecule has 8 heteroatoms. The van der Waals surface area contributed by atoms with Crippen molar-refractivity contribution in [2.75, 3.05) is 11.9 Å². The van der Waals surface area contributed by atoms with E-state index in [-0.39, 0.29) is 34.7 Å². The van der Waals surface area contributed by atoms with Gasteiger partial charge in [0.15, 0.2) is 6.61 Å². The Labute approximate surface area is 174 Å². The first kappa shape index (κ1) is 20.9. The Kier molecular flexibility index (Phi) is 6.87. The number of para-hydroxylation sites is 1. The summed E-state index contributed by atoms with van der Waals surface area (Å²) < 4.78 is 32.9. The van der Waals surface area contributed by atoms with Crippen molar-refractivity contribution in [1.82, 2.24) is 4.72 Å². The van der Waals surface area contributed by atoms with Gasteiger partial charge in [0.05, 0.1) is 9.92 Å². The fraction of sp³-hybridized carbons (Fsp3) is 0.0952. The molecule has 0 fully saturated rings. The highest BCUT2D eigenvalue weighted by Crippen LogP contribution is 2.27. The number of ether oxygens (including phenoxy) is 1. The topological polar surface area (TPSA) is 84.5 Å². The van der Waals surface area contributed by atoms with Crippen LogP contribution in [0.15, 0.2) is 83.8 Å². The molecule has 6 nitrogen and oxygen atoms in total. The van der Waals surface area contributed by atoms with Crippen LogP contribution in [0, 0.1) is 0 Å². The molecule has 0 atom stereocenters. The maximum Gasteiger partial charge on any atom is 0.262 e. The number of hydrogen-bond donors (Lipinski definition) is 2. The fourth-order valence-corrected chi connectivity index (χ4v) is 3.83. The minimum atomic E-state index is -3.74. The lowest BCUT2D eigenvalue weighted by atomic mass is 10.2. The molecule has 3 aromatic rings. The Morgan fingerprint density at radius 3 is 2.24 bits per heavy atom. The molecule has 0 aliphatic rings. The summed E-state index contributed by atoms with van der Waals surface area (Å²) in [4.78, 5) is 12.0. The third kappa shape index (κ3) is 6.05. The molecule has 1 amide bonds. The van der Waals surface area contributed by atoms with Crippen LogP contribution < -0.4 is 14.8 Å². The molecular formula is C21H19ClN2O4S. The van der Waals surface area contributed by atoms with Crippen LogP contribution in [-0.2, 0) is 21.4 Å². The van der Waals surface area contributed by atoms with Gasteiger partial charge in [-0.2, -0.15) is 0 Å². The van der Waals surface area contributed by atoms with Crippen molar-refractivity contribution in [2.45, 2.75) is 11.4 Å². The van der Waals surface area contributed by atoms with Crippen molar-refractivity contribution in [1.29, 1.82) is 0 Å². The Morgan fingerprint density at radius 1 is 0.931 bits per heavy atom. The largest absolute Gasteiger partial charge is 0.482 e. The van der Waals surface area contributed by atoms with Crippen LogP contribution in [0.5, 0.6) is 5.75 Å². The summed E-state index contributed by atoms with van der Waals surface area (Å²) in [5, 5.41) is 2.78. The fourth-order valence-electron chi connectivity index (χ4n) is 2.49. The summed E-state index contributed by atoms with van der Waals surface area (Å²) in [6.45, 7) is -0.0916. The second-order valence-corrected chi connectivity index (χ2v) is 8.28. The molecule has 0 spiro atoms.